The Morgan fingerprint density at radius 1 is 1.16 bits per heavy atom. The van der Waals surface area contributed by atoms with Crippen molar-refractivity contribution in [2.45, 2.75) is 52.0 Å². The zero-order valence-corrected chi connectivity index (χ0v) is 18.2. The number of hydrogen-bond donors (Lipinski definition) is 1. The van der Waals surface area contributed by atoms with Gasteiger partial charge >= 0.3 is 22.4 Å². The lowest BCUT2D eigenvalue weighted by atomic mass is 9.96. The van der Waals surface area contributed by atoms with Crippen molar-refractivity contribution in [2.24, 2.45) is 11.1 Å². The van der Waals surface area contributed by atoms with Gasteiger partial charge in [0.25, 0.3) is 0 Å². The van der Waals surface area contributed by atoms with Crippen molar-refractivity contribution in [3.63, 3.8) is 0 Å². The zero-order chi connectivity index (χ0) is 23.0. The lowest BCUT2D eigenvalue weighted by Crippen LogP contribution is -2.47. The van der Waals surface area contributed by atoms with Crippen LogP contribution in [0.3, 0.4) is 0 Å². The van der Waals surface area contributed by atoms with Crippen LogP contribution in [-0.2, 0) is 28.4 Å². The van der Waals surface area contributed by atoms with E-state index in [-0.39, 0.29) is 12.1 Å². The van der Waals surface area contributed by atoms with Gasteiger partial charge in [0.1, 0.15) is 6.04 Å². The summed E-state index contributed by atoms with van der Waals surface area (Å²) in [6.07, 6.45) is -0.899. The van der Waals surface area contributed by atoms with Gasteiger partial charge in [-0.3, -0.25) is 4.79 Å². The highest BCUT2D eigenvalue weighted by atomic mass is 32.3. The Kier molecular flexibility index (Phi) is 6.25. The highest BCUT2D eigenvalue weighted by Gasteiger charge is 2.49. The van der Waals surface area contributed by atoms with E-state index in [0.29, 0.717) is 17.9 Å². The number of fused-ring (bicyclic) bond motifs is 2. The smallest absolute Gasteiger partial charge is 0.424 e. The lowest BCUT2D eigenvalue weighted by molar-refractivity contribution is -0.124. The minimum Gasteiger partial charge on any atom is -0.430 e. The number of nitrogens with zero attached hydrogens (tertiary/aromatic N) is 2. The fourth-order valence-electron chi connectivity index (χ4n) is 3.33. The Bertz CT molecular complexity index is 960. The third-order valence-electron chi connectivity index (χ3n) is 4.96. The van der Waals surface area contributed by atoms with Crippen LogP contribution in [0.2, 0.25) is 0 Å². The minimum atomic E-state index is -4.80. The summed E-state index contributed by atoms with van der Waals surface area (Å²) in [6, 6.07) is 5.81. The van der Waals surface area contributed by atoms with Crippen LogP contribution < -0.4 is 5.73 Å². The number of benzene rings is 1. The fourth-order valence-corrected chi connectivity index (χ4v) is 4.29. The first-order chi connectivity index (χ1) is 14.4. The van der Waals surface area contributed by atoms with E-state index in [4.69, 9.17) is 18.9 Å². The molecule has 3 rings (SSSR count). The molecule has 3 amide bonds. The molecular formula is C19H25N3O8S. The first-order valence-corrected chi connectivity index (χ1v) is 11.0. The Morgan fingerprint density at radius 2 is 1.81 bits per heavy atom. The molecule has 2 fully saturated rings. The molecule has 2 N–H and O–H groups in total. The van der Waals surface area contributed by atoms with Crippen LogP contribution in [0.4, 0.5) is 4.79 Å². The van der Waals surface area contributed by atoms with E-state index in [1.807, 2.05) is 0 Å². The summed E-state index contributed by atoms with van der Waals surface area (Å²) in [5.41, 5.74) is 4.59. The maximum atomic E-state index is 12.6. The predicted octanol–water partition coefficient (Wildman–Crippen LogP) is 1.16. The van der Waals surface area contributed by atoms with Gasteiger partial charge in [0, 0.05) is 12.0 Å². The van der Waals surface area contributed by atoms with E-state index in [0.717, 1.165) is 0 Å². The molecule has 0 radical (unpaired) electrons. The Labute approximate surface area is 180 Å². The number of primary amides is 1. The number of hydroxylamine groups is 2. The normalized spacial score (nSPS) is 22.4. The molecule has 2 bridgehead atoms. The number of rotatable bonds is 7. The molecule has 12 heteroatoms. The average Bonchev–Trinajstić information content (AvgIpc) is 2.91. The number of ether oxygens (including phenoxy) is 1. The van der Waals surface area contributed by atoms with Gasteiger partial charge in [-0.25, -0.2) is 13.8 Å². The van der Waals surface area contributed by atoms with Gasteiger partial charge in [-0.05, 0) is 25.0 Å². The lowest BCUT2D eigenvalue weighted by Gasteiger charge is -2.29. The third kappa shape index (κ3) is 5.14. The molecule has 3 atom stereocenters. The average molecular weight is 455 g/mol. The van der Waals surface area contributed by atoms with E-state index in [9.17, 15) is 22.8 Å². The zero-order valence-electron chi connectivity index (χ0n) is 17.4. The molecule has 11 nitrogen and oxygen atoms in total. The van der Waals surface area contributed by atoms with Gasteiger partial charge in [-0.2, -0.15) is 13.5 Å². The van der Waals surface area contributed by atoms with Gasteiger partial charge in [0.15, 0.2) is 0 Å². The Balaban J connectivity index is 1.72. The van der Waals surface area contributed by atoms with Gasteiger partial charge in [0.2, 0.25) is 12.2 Å². The summed E-state index contributed by atoms with van der Waals surface area (Å²) < 4.78 is 40.4. The van der Waals surface area contributed by atoms with Crippen molar-refractivity contribution in [1.82, 2.24) is 9.96 Å². The maximum Gasteiger partial charge on any atom is 0.424 e. The van der Waals surface area contributed by atoms with Crippen LogP contribution in [0.1, 0.15) is 44.0 Å². The molecule has 2 saturated heterocycles. The number of hydrogen-bond acceptors (Lipinski definition) is 8. The van der Waals surface area contributed by atoms with Crippen molar-refractivity contribution in [3.05, 3.63) is 35.9 Å². The second kappa shape index (κ2) is 8.44. The first-order valence-electron chi connectivity index (χ1n) is 9.67. The van der Waals surface area contributed by atoms with Crippen molar-refractivity contribution >= 4 is 28.3 Å². The SMILES string of the molecule is CC(C)(C)C(OC(=O)c1ccccc1)OS(=O)(=O)ON1C(=O)N2C[C@H]1CC[C@H]2C(N)=O. The first kappa shape index (κ1) is 23.0. The molecule has 2 heterocycles. The maximum absolute atomic E-state index is 12.6. The summed E-state index contributed by atoms with van der Waals surface area (Å²) in [7, 11) is -4.80. The minimum absolute atomic E-state index is 0.105. The largest absolute Gasteiger partial charge is 0.430 e. The molecule has 1 aromatic rings. The van der Waals surface area contributed by atoms with Crippen LogP contribution in [-0.4, -0.2) is 61.2 Å². The molecule has 2 aliphatic rings. The molecule has 2 aliphatic heterocycles. The summed E-state index contributed by atoms with van der Waals surface area (Å²) >= 11 is 0. The van der Waals surface area contributed by atoms with E-state index in [2.05, 4.69) is 0 Å². The topological polar surface area (TPSA) is 146 Å². The van der Waals surface area contributed by atoms with Crippen molar-refractivity contribution in [3.8, 4) is 0 Å². The number of carbonyl (C=O) groups is 3. The molecule has 0 aromatic heterocycles. The van der Waals surface area contributed by atoms with Gasteiger partial charge in [0.05, 0.1) is 11.6 Å². The molecule has 170 valence electrons. The van der Waals surface area contributed by atoms with Crippen LogP contribution in [0.15, 0.2) is 30.3 Å². The summed E-state index contributed by atoms with van der Waals surface area (Å²) in [5.74, 6) is -1.45. The van der Waals surface area contributed by atoms with E-state index in [1.165, 1.54) is 17.0 Å². The van der Waals surface area contributed by atoms with E-state index < -0.39 is 52.1 Å². The van der Waals surface area contributed by atoms with Gasteiger partial charge in [-0.15, -0.1) is 4.28 Å². The number of carbonyl (C=O) groups excluding carboxylic acids is 3. The predicted molar refractivity (Wildman–Crippen MR) is 106 cm³/mol. The summed E-state index contributed by atoms with van der Waals surface area (Å²) in [4.78, 5) is 37.6. The molecular weight excluding hydrogens is 430 g/mol. The van der Waals surface area contributed by atoms with Crippen LogP contribution in [0, 0.1) is 5.41 Å². The van der Waals surface area contributed by atoms with Crippen LogP contribution >= 0.6 is 0 Å². The number of piperidine rings is 1. The van der Waals surface area contributed by atoms with Crippen molar-refractivity contribution < 1.29 is 36.0 Å². The highest BCUT2D eigenvalue weighted by molar-refractivity contribution is 7.81. The van der Waals surface area contributed by atoms with Crippen LogP contribution in [0.5, 0.6) is 0 Å². The molecule has 0 saturated carbocycles. The molecule has 31 heavy (non-hydrogen) atoms. The summed E-state index contributed by atoms with van der Waals surface area (Å²) in [6.45, 7) is 4.95. The monoisotopic (exact) mass is 455 g/mol. The third-order valence-corrected chi connectivity index (χ3v) is 5.71. The standard InChI is InChI=1S/C19H25N3O8S/c1-19(2,3)17(28-16(24)12-7-5-4-6-8-12)29-31(26,27)30-22-13-9-10-14(15(20)23)21(11-13)18(22)25/h4-8,13-14,17H,9-11H2,1-3H3,(H2,20,23)/t13-,14+,17?/m1/s1. The highest BCUT2D eigenvalue weighted by Crippen LogP contribution is 2.32. The van der Waals surface area contributed by atoms with Crippen molar-refractivity contribution in [1.29, 1.82) is 0 Å². The second-order valence-corrected chi connectivity index (χ2v) is 9.62. The van der Waals surface area contributed by atoms with E-state index in [1.54, 1.807) is 39.0 Å². The molecule has 0 aliphatic carbocycles. The summed E-state index contributed by atoms with van der Waals surface area (Å²) in [5, 5.41) is 0.664. The number of esters is 1. The second-order valence-electron chi connectivity index (χ2n) is 8.46. The number of urea groups is 1. The Hall–Kier alpha value is -2.70. The number of amides is 3. The molecule has 0 spiro atoms. The number of nitrogens with two attached hydrogens (primary N) is 1. The Morgan fingerprint density at radius 3 is 2.39 bits per heavy atom. The fraction of sp³-hybridized carbons (Fsp3) is 0.526. The molecule has 1 aromatic carbocycles. The van der Waals surface area contributed by atoms with Crippen LogP contribution in [0.25, 0.3) is 0 Å². The van der Waals surface area contributed by atoms with E-state index >= 15 is 0 Å². The molecule has 1 unspecified atom stereocenters. The quantitative estimate of drug-likeness (QED) is 0.476. The van der Waals surface area contributed by atoms with Gasteiger partial charge in [-0.1, -0.05) is 39.0 Å². The van der Waals surface area contributed by atoms with Crippen molar-refractivity contribution in [2.75, 3.05) is 6.54 Å². The van der Waals surface area contributed by atoms with Gasteiger partial charge < -0.3 is 15.4 Å².